The van der Waals surface area contributed by atoms with Crippen molar-refractivity contribution in [3.63, 3.8) is 0 Å². The number of ether oxygens (including phenoxy) is 1. The fraction of sp³-hybridized carbons (Fsp3) is 0.600. The van der Waals surface area contributed by atoms with Crippen molar-refractivity contribution in [3.05, 3.63) is 28.3 Å². The highest BCUT2D eigenvalue weighted by Gasteiger charge is 2.11. The minimum atomic E-state index is 0.767. The average Bonchev–Trinajstić information content (AvgIpc) is 2.34. The van der Waals surface area contributed by atoms with E-state index in [-0.39, 0.29) is 0 Å². The largest absolute Gasteiger partial charge is 0.492 e. The first-order chi connectivity index (χ1) is 8.66. The van der Waals surface area contributed by atoms with Gasteiger partial charge in [0.15, 0.2) is 0 Å². The van der Waals surface area contributed by atoms with E-state index in [1.807, 2.05) is 12.1 Å². The van der Waals surface area contributed by atoms with Crippen LogP contribution in [-0.4, -0.2) is 31.1 Å². The van der Waals surface area contributed by atoms with Gasteiger partial charge >= 0.3 is 0 Å². The molecule has 3 heteroatoms. The number of aryl methyl sites for hydroxylation is 2. The van der Waals surface area contributed by atoms with Crippen LogP contribution in [0.25, 0.3) is 0 Å². The summed E-state index contributed by atoms with van der Waals surface area (Å²) in [7, 11) is 0. The van der Waals surface area contributed by atoms with Crippen molar-refractivity contribution >= 4 is 11.6 Å². The molecule has 0 bridgehead atoms. The third kappa shape index (κ3) is 3.63. The molecule has 0 saturated carbocycles. The average molecular weight is 268 g/mol. The molecule has 0 amide bonds. The molecule has 100 valence electrons. The summed E-state index contributed by atoms with van der Waals surface area (Å²) < 4.78 is 5.92. The van der Waals surface area contributed by atoms with Crippen LogP contribution >= 0.6 is 11.6 Å². The van der Waals surface area contributed by atoms with Crippen LogP contribution in [0.1, 0.15) is 30.4 Å². The van der Waals surface area contributed by atoms with E-state index in [4.69, 9.17) is 16.3 Å². The smallest absolute Gasteiger partial charge is 0.125 e. The van der Waals surface area contributed by atoms with E-state index in [0.717, 1.165) is 35.1 Å². The molecule has 1 saturated heterocycles. The third-order valence-electron chi connectivity index (χ3n) is 3.53. The Labute approximate surface area is 115 Å². The van der Waals surface area contributed by atoms with E-state index in [1.165, 1.54) is 32.4 Å². The minimum absolute atomic E-state index is 0.767. The molecule has 0 N–H and O–H groups in total. The van der Waals surface area contributed by atoms with Gasteiger partial charge in [-0.1, -0.05) is 18.0 Å². The van der Waals surface area contributed by atoms with Crippen molar-refractivity contribution in [2.75, 3.05) is 26.2 Å². The fourth-order valence-corrected chi connectivity index (χ4v) is 2.91. The Balaban J connectivity index is 1.86. The van der Waals surface area contributed by atoms with Gasteiger partial charge in [-0.15, -0.1) is 0 Å². The lowest BCUT2D eigenvalue weighted by atomic mass is 10.1. The van der Waals surface area contributed by atoms with Gasteiger partial charge in [0.25, 0.3) is 0 Å². The molecule has 1 fully saturated rings. The van der Waals surface area contributed by atoms with Crippen molar-refractivity contribution in [2.45, 2.75) is 33.1 Å². The molecule has 0 aromatic heterocycles. The molecule has 18 heavy (non-hydrogen) atoms. The Morgan fingerprint density at radius 3 is 2.33 bits per heavy atom. The SMILES string of the molecule is Cc1cc(Cl)cc(C)c1OCCN1CCCCC1. The van der Waals surface area contributed by atoms with Crippen LogP contribution in [0.5, 0.6) is 5.75 Å². The molecule has 1 heterocycles. The van der Waals surface area contributed by atoms with E-state index in [2.05, 4.69) is 18.7 Å². The normalized spacial score (nSPS) is 16.8. The predicted molar refractivity (Wildman–Crippen MR) is 76.7 cm³/mol. The molecule has 1 aliphatic heterocycles. The highest BCUT2D eigenvalue weighted by Crippen LogP contribution is 2.27. The van der Waals surface area contributed by atoms with Crippen LogP contribution in [0.2, 0.25) is 5.02 Å². The molecule has 0 aliphatic carbocycles. The summed E-state index contributed by atoms with van der Waals surface area (Å²) in [5.74, 6) is 0.997. The predicted octanol–water partition coefficient (Wildman–Crippen LogP) is 3.82. The van der Waals surface area contributed by atoms with E-state index in [1.54, 1.807) is 0 Å². The molecule has 0 unspecified atom stereocenters. The van der Waals surface area contributed by atoms with Gasteiger partial charge in [-0.2, -0.15) is 0 Å². The number of likely N-dealkylation sites (tertiary alicyclic amines) is 1. The number of nitrogens with zero attached hydrogens (tertiary/aromatic N) is 1. The number of piperidine rings is 1. The summed E-state index contributed by atoms with van der Waals surface area (Å²) in [5, 5.41) is 0.786. The lowest BCUT2D eigenvalue weighted by Crippen LogP contribution is -2.33. The number of hydrogen-bond acceptors (Lipinski definition) is 2. The monoisotopic (exact) mass is 267 g/mol. The summed E-state index contributed by atoms with van der Waals surface area (Å²) in [6, 6.07) is 3.93. The van der Waals surface area contributed by atoms with Gasteiger partial charge in [0, 0.05) is 11.6 Å². The summed E-state index contributed by atoms with van der Waals surface area (Å²) in [5.41, 5.74) is 2.25. The van der Waals surface area contributed by atoms with Gasteiger partial charge in [0.1, 0.15) is 12.4 Å². The first kappa shape index (κ1) is 13.7. The molecular weight excluding hydrogens is 246 g/mol. The zero-order valence-corrected chi connectivity index (χ0v) is 12.1. The van der Waals surface area contributed by atoms with E-state index < -0.39 is 0 Å². The second-order valence-corrected chi connectivity index (χ2v) is 5.56. The van der Waals surface area contributed by atoms with E-state index in [9.17, 15) is 0 Å². The van der Waals surface area contributed by atoms with Gasteiger partial charge in [-0.3, -0.25) is 4.90 Å². The first-order valence-corrected chi connectivity index (χ1v) is 7.16. The van der Waals surface area contributed by atoms with Crippen molar-refractivity contribution in [1.82, 2.24) is 4.90 Å². The van der Waals surface area contributed by atoms with Crippen molar-refractivity contribution in [2.24, 2.45) is 0 Å². The van der Waals surface area contributed by atoms with Crippen LogP contribution in [-0.2, 0) is 0 Å². The van der Waals surface area contributed by atoms with Gasteiger partial charge < -0.3 is 4.74 Å². The number of benzene rings is 1. The Kier molecular flexibility index (Phi) is 4.90. The van der Waals surface area contributed by atoms with Crippen molar-refractivity contribution in [1.29, 1.82) is 0 Å². The molecule has 0 radical (unpaired) electrons. The molecular formula is C15H22ClNO. The minimum Gasteiger partial charge on any atom is -0.492 e. The van der Waals surface area contributed by atoms with Crippen molar-refractivity contribution in [3.8, 4) is 5.75 Å². The maximum absolute atomic E-state index is 6.01. The van der Waals surface area contributed by atoms with E-state index in [0.29, 0.717) is 0 Å². The summed E-state index contributed by atoms with van der Waals surface area (Å²) in [4.78, 5) is 2.49. The van der Waals surface area contributed by atoms with Gasteiger partial charge in [0.05, 0.1) is 0 Å². The lowest BCUT2D eigenvalue weighted by Gasteiger charge is -2.26. The van der Waals surface area contributed by atoms with Crippen LogP contribution in [0.3, 0.4) is 0 Å². The standard InChI is InChI=1S/C15H22ClNO/c1-12-10-14(16)11-13(2)15(12)18-9-8-17-6-4-3-5-7-17/h10-11H,3-9H2,1-2H3. The number of rotatable bonds is 4. The molecule has 2 nitrogen and oxygen atoms in total. The summed E-state index contributed by atoms with van der Waals surface area (Å²) in [6.45, 7) is 8.35. The summed E-state index contributed by atoms with van der Waals surface area (Å²) in [6.07, 6.45) is 4.05. The fourth-order valence-electron chi connectivity index (χ4n) is 2.58. The van der Waals surface area contributed by atoms with E-state index >= 15 is 0 Å². The van der Waals surface area contributed by atoms with Gasteiger partial charge in [-0.25, -0.2) is 0 Å². The third-order valence-corrected chi connectivity index (χ3v) is 3.75. The highest BCUT2D eigenvalue weighted by molar-refractivity contribution is 6.30. The molecule has 1 aliphatic rings. The topological polar surface area (TPSA) is 12.5 Å². The first-order valence-electron chi connectivity index (χ1n) is 6.79. The molecule has 2 rings (SSSR count). The Bertz CT molecular complexity index is 376. The van der Waals surface area contributed by atoms with Crippen molar-refractivity contribution < 1.29 is 4.74 Å². The molecule has 1 aromatic carbocycles. The van der Waals surface area contributed by atoms with Crippen LogP contribution < -0.4 is 4.74 Å². The second-order valence-electron chi connectivity index (χ2n) is 5.12. The lowest BCUT2D eigenvalue weighted by molar-refractivity contribution is 0.182. The second kappa shape index (κ2) is 6.44. The summed E-state index contributed by atoms with van der Waals surface area (Å²) >= 11 is 6.01. The molecule has 1 aromatic rings. The molecule has 0 atom stereocenters. The number of hydrogen-bond donors (Lipinski definition) is 0. The maximum atomic E-state index is 6.01. The molecule has 0 spiro atoms. The highest BCUT2D eigenvalue weighted by atomic mass is 35.5. The Hall–Kier alpha value is -0.730. The quantitative estimate of drug-likeness (QED) is 0.822. The van der Waals surface area contributed by atoms with Gasteiger partial charge in [-0.05, 0) is 63.0 Å². The Morgan fingerprint density at radius 2 is 1.72 bits per heavy atom. The van der Waals surface area contributed by atoms with Crippen LogP contribution in [0.4, 0.5) is 0 Å². The van der Waals surface area contributed by atoms with Crippen LogP contribution in [0, 0.1) is 13.8 Å². The zero-order valence-electron chi connectivity index (χ0n) is 11.3. The zero-order chi connectivity index (χ0) is 13.0. The Morgan fingerprint density at radius 1 is 1.11 bits per heavy atom. The maximum Gasteiger partial charge on any atom is 0.125 e. The van der Waals surface area contributed by atoms with Gasteiger partial charge in [0.2, 0.25) is 0 Å². The number of halogens is 1. The van der Waals surface area contributed by atoms with Crippen LogP contribution in [0.15, 0.2) is 12.1 Å².